The highest BCUT2D eigenvalue weighted by Gasteiger charge is 2.14. The molecule has 142 valence electrons. The number of nitrogens with zero attached hydrogens (tertiary/aromatic N) is 5. The average Bonchev–Trinajstić information content (AvgIpc) is 3.23. The molecule has 0 aliphatic carbocycles. The minimum absolute atomic E-state index is 0.00288. The highest BCUT2D eigenvalue weighted by molar-refractivity contribution is 5.75. The lowest BCUT2D eigenvalue weighted by molar-refractivity contribution is -0.121. The van der Waals surface area contributed by atoms with Gasteiger partial charge in [-0.3, -0.25) is 14.4 Å². The molecular formula is C17H26N6O3. The van der Waals surface area contributed by atoms with Crippen LogP contribution in [0.3, 0.4) is 0 Å². The van der Waals surface area contributed by atoms with E-state index in [1.54, 1.807) is 4.68 Å². The van der Waals surface area contributed by atoms with E-state index in [2.05, 4.69) is 25.5 Å². The number of carbonyl (C=O) groups is 1. The lowest BCUT2D eigenvalue weighted by Crippen LogP contribution is -2.38. The fourth-order valence-corrected chi connectivity index (χ4v) is 2.93. The van der Waals surface area contributed by atoms with Crippen LogP contribution in [0.2, 0.25) is 0 Å². The van der Waals surface area contributed by atoms with Gasteiger partial charge in [-0.15, -0.1) is 10.2 Å². The SMILES string of the molecule is Cc1cc(-c2nnc(CCC(=O)NCCCN3CCOCC3)o2)n(C)n1. The van der Waals surface area contributed by atoms with Crippen LogP contribution in [0.1, 0.15) is 24.4 Å². The van der Waals surface area contributed by atoms with Crippen molar-refractivity contribution in [2.75, 3.05) is 39.4 Å². The molecule has 0 saturated carbocycles. The molecule has 0 spiro atoms. The molecule has 1 aliphatic rings. The molecule has 9 heteroatoms. The van der Waals surface area contributed by atoms with Crippen LogP contribution in [0.4, 0.5) is 0 Å². The van der Waals surface area contributed by atoms with E-state index in [4.69, 9.17) is 9.15 Å². The van der Waals surface area contributed by atoms with E-state index in [1.165, 1.54) is 0 Å². The second-order valence-corrected chi connectivity index (χ2v) is 6.45. The standard InChI is InChI=1S/C17H26N6O3/c1-13-12-14(22(2)21-13)17-20-19-16(26-17)5-4-15(24)18-6-3-7-23-8-10-25-11-9-23/h12H,3-11H2,1-2H3,(H,18,24). The van der Waals surface area contributed by atoms with E-state index in [0.717, 1.165) is 50.7 Å². The number of aryl methyl sites for hydroxylation is 3. The van der Waals surface area contributed by atoms with Gasteiger partial charge in [0.15, 0.2) is 0 Å². The molecule has 0 atom stereocenters. The topological polar surface area (TPSA) is 98.3 Å². The summed E-state index contributed by atoms with van der Waals surface area (Å²) in [5.74, 6) is 0.888. The van der Waals surface area contributed by atoms with Gasteiger partial charge >= 0.3 is 0 Å². The summed E-state index contributed by atoms with van der Waals surface area (Å²) in [6.45, 7) is 7.13. The first-order valence-corrected chi connectivity index (χ1v) is 9.02. The van der Waals surface area contributed by atoms with Crippen molar-refractivity contribution < 1.29 is 13.9 Å². The lowest BCUT2D eigenvalue weighted by Gasteiger charge is -2.26. The van der Waals surface area contributed by atoms with Crippen molar-refractivity contribution in [3.8, 4) is 11.6 Å². The zero-order valence-corrected chi connectivity index (χ0v) is 15.4. The van der Waals surface area contributed by atoms with Crippen molar-refractivity contribution in [1.29, 1.82) is 0 Å². The van der Waals surface area contributed by atoms with E-state index in [1.807, 2.05) is 20.0 Å². The smallest absolute Gasteiger partial charge is 0.265 e. The zero-order chi connectivity index (χ0) is 18.4. The maximum absolute atomic E-state index is 12.0. The van der Waals surface area contributed by atoms with Gasteiger partial charge in [0, 0.05) is 39.5 Å². The van der Waals surface area contributed by atoms with Crippen molar-refractivity contribution >= 4 is 5.91 Å². The highest BCUT2D eigenvalue weighted by Crippen LogP contribution is 2.18. The third-order valence-corrected chi connectivity index (χ3v) is 4.33. The summed E-state index contributed by atoms with van der Waals surface area (Å²) >= 11 is 0. The Balaban J connectivity index is 1.36. The van der Waals surface area contributed by atoms with Gasteiger partial charge in [0.25, 0.3) is 5.89 Å². The van der Waals surface area contributed by atoms with Crippen LogP contribution in [0.5, 0.6) is 0 Å². The third kappa shape index (κ3) is 5.12. The second-order valence-electron chi connectivity index (χ2n) is 6.45. The van der Waals surface area contributed by atoms with Crippen molar-refractivity contribution in [2.24, 2.45) is 7.05 Å². The van der Waals surface area contributed by atoms with Crippen LogP contribution < -0.4 is 5.32 Å². The Labute approximate surface area is 152 Å². The molecular weight excluding hydrogens is 336 g/mol. The summed E-state index contributed by atoms with van der Waals surface area (Å²) < 4.78 is 12.7. The fourth-order valence-electron chi connectivity index (χ4n) is 2.93. The molecule has 3 heterocycles. The van der Waals surface area contributed by atoms with Gasteiger partial charge < -0.3 is 14.5 Å². The molecule has 1 saturated heterocycles. The molecule has 2 aromatic rings. The largest absolute Gasteiger partial charge is 0.419 e. The normalized spacial score (nSPS) is 15.3. The lowest BCUT2D eigenvalue weighted by atomic mass is 10.3. The van der Waals surface area contributed by atoms with Crippen LogP contribution in [0, 0.1) is 6.92 Å². The van der Waals surface area contributed by atoms with Gasteiger partial charge in [-0.2, -0.15) is 5.10 Å². The van der Waals surface area contributed by atoms with Gasteiger partial charge in [-0.25, -0.2) is 0 Å². The van der Waals surface area contributed by atoms with Crippen LogP contribution in [0.25, 0.3) is 11.6 Å². The third-order valence-electron chi connectivity index (χ3n) is 4.33. The summed E-state index contributed by atoms with van der Waals surface area (Å²) in [6, 6.07) is 1.89. The minimum atomic E-state index is 0.00288. The van der Waals surface area contributed by atoms with Gasteiger partial charge in [-0.05, 0) is 26.0 Å². The Morgan fingerprint density at radius 1 is 1.31 bits per heavy atom. The van der Waals surface area contributed by atoms with Crippen molar-refractivity contribution in [3.63, 3.8) is 0 Å². The number of ether oxygens (including phenoxy) is 1. The molecule has 0 radical (unpaired) electrons. The molecule has 2 aromatic heterocycles. The molecule has 26 heavy (non-hydrogen) atoms. The van der Waals surface area contributed by atoms with Crippen LogP contribution >= 0.6 is 0 Å². The predicted molar refractivity (Wildman–Crippen MR) is 94.4 cm³/mol. The summed E-state index contributed by atoms with van der Waals surface area (Å²) in [4.78, 5) is 14.3. The molecule has 0 aromatic carbocycles. The molecule has 1 fully saturated rings. The van der Waals surface area contributed by atoms with E-state index in [0.29, 0.717) is 31.2 Å². The molecule has 0 bridgehead atoms. The summed E-state index contributed by atoms with van der Waals surface area (Å²) in [7, 11) is 1.83. The summed E-state index contributed by atoms with van der Waals surface area (Å²) in [5.41, 5.74) is 1.66. The van der Waals surface area contributed by atoms with Gasteiger partial charge in [0.1, 0.15) is 5.69 Å². The molecule has 0 unspecified atom stereocenters. The monoisotopic (exact) mass is 362 g/mol. The Hall–Kier alpha value is -2.26. The minimum Gasteiger partial charge on any atom is -0.419 e. The predicted octanol–water partition coefficient (Wildman–Crippen LogP) is 0.550. The number of aromatic nitrogens is 4. The van der Waals surface area contributed by atoms with E-state index in [-0.39, 0.29) is 5.91 Å². The number of hydrogen-bond donors (Lipinski definition) is 1. The number of hydrogen-bond acceptors (Lipinski definition) is 7. The quantitative estimate of drug-likeness (QED) is 0.685. The van der Waals surface area contributed by atoms with Crippen LogP contribution in [0.15, 0.2) is 10.5 Å². The molecule has 1 aliphatic heterocycles. The Bertz CT molecular complexity index is 720. The summed E-state index contributed by atoms with van der Waals surface area (Å²) in [5, 5.41) is 15.3. The Kier molecular flexibility index (Phi) is 6.35. The first kappa shape index (κ1) is 18.5. The molecule has 1 N–H and O–H groups in total. The zero-order valence-electron chi connectivity index (χ0n) is 15.4. The van der Waals surface area contributed by atoms with Crippen molar-refractivity contribution in [2.45, 2.75) is 26.2 Å². The second kappa shape index (κ2) is 8.91. The summed E-state index contributed by atoms with van der Waals surface area (Å²) in [6.07, 6.45) is 1.71. The van der Waals surface area contributed by atoms with E-state index < -0.39 is 0 Å². The number of amides is 1. The Morgan fingerprint density at radius 3 is 2.85 bits per heavy atom. The van der Waals surface area contributed by atoms with E-state index >= 15 is 0 Å². The van der Waals surface area contributed by atoms with Crippen LogP contribution in [-0.4, -0.2) is 70.2 Å². The number of nitrogens with one attached hydrogen (secondary N) is 1. The number of rotatable bonds is 8. The van der Waals surface area contributed by atoms with Crippen LogP contribution in [-0.2, 0) is 23.0 Å². The average molecular weight is 362 g/mol. The first-order valence-electron chi connectivity index (χ1n) is 9.02. The van der Waals surface area contributed by atoms with Gasteiger partial charge in [0.05, 0.1) is 18.9 Å². The number of morpholine rings is 1. The van der Waals surface area contributed by atoms with Gasteiger partial charge in [0.2, 0.25) is 11.8 Å². The first-order chi connectivity index (χ1) is 12.6. The highest BCUT2D eigenvalue weighted by atomic mass is 16.5. The molecule has 1 amide bonds. The van der Waals surface area contributed by atoms with Gasteiger partial charge in [-0.1, -0.05) is 0 Å². The molecule has 9 nitrogen and oxygen atoms in total. The molecule has 3 rings (SSSR count). The van der Waals surface area contributed by atoms with E-state index in [9.17, 15) is 4.79 Å². The number of carbonyl (C=O) groups excluding carboxylic acids is 1. The Morgan fingerprint density at radius 2 is 2.12 bits per heavy atom. The van der Waals surface area contributed by atoms with Crippen molar-refractivity contribution in [1.82, 2.24) is 30.2 Å². The van der Waals surface area contributed by atoms with Crippen molar-refractivity contribution in [3.05, 3.63) is 17.7 Å². The fraction of sp³-hybridized carbons (Fsp3) is 0.647. The maximum Gasteiger partial charge on any atom is 0.265 e. The maximum atomic E-state index is 12.0.